The van der Waals surface area contributed by atoms with Crippen molar-refractivity contribution in [3.05, 3.63) is 42.2 Å². The number of hydrogen-bond donors (Lipinski definition) is 2. The lowest BCUT2D eigenvalue weighted by Crippen LogP contribution is -2.12. The highest BCUT2D eigenvalue weighted by Gasteiger charge is 2.16. The van der Waals surface area contributed by atoms with Crippen LogP contribution in [0.5, 0.6) is 5.75 Å². The van der Waals surface area contributed by atoms with Crippen LogP contribution in [0.4, 0.5) is 0 Å². The SMILES string of the molecule is O=C(O)C(=COc1ccccc1)C(=O)O. The molecule has 5 heteroatoms. The van der Waals surface area contributed by atoms with Crippen LogP contribution >= 0.6 is 0 Å². The van der Waals surface area contributed by atoms with E-state index in [1.165, 1.54) is 0 Å². The van der Waals surface area contributed by atoms with Crippen LogP contribution in [0.25, 0.3) is 0 Å². The van der Waals surface area contributed by atoms with E-state index in [1.807, 2.05) is 0 Å². The molecule has 0 heterocycles. The van der Waals surface area contributed by atoms with Crippen LogP contribution in [0.1, 0.15) is 0 Å². The summed E-state index contributed by atoms with van der Waals surface area (Å²) in [5, 5.41) is 17.0. The Morgan fingerprint density at radius 1 is 1.07 bits per heavy atom. The first kappa shape index (κ1) is 10.8. The number of para-hydroxylation sites is 1. The Balaban J connectivity index is 2.79. The fourth-order valence-corrected chi connectivity index (χ4v) is 0.818. The van der Waals surface area contributed by atoms with E-state index >= 15 is 0 Å². The maximum absolute atomic E-state index is 10.4. The maximum atomic E-state index is 10.4. The molecule has 78 valence electrons. The monoisotopic (exact) mass is 208 g/mol. The van der Waals surface area contributed by atoms with E-state index in [4.69, 9.17) is 14.9 Å². The normalized spacial score (nSPS) is 9.07. The lowest BCUT2D eigenvalue weighted by Gasteiger charge is -1.99. The number of carboxylic acid groups (broad SMARTS) is 2. The van der Waals surface area contributed by atoms with E-state index in [-0.39, 0.29) is 0 Å². The summed E-state index contributed by atoms with van der Waals surface area (Å²) in [5.41, 5.74) is -0.821. The molecule has 15 heavy (non-hydrogen) atoms. The minimum Gasteiger partial charge on any atom is -0.477 e. The van der Waals surface area contributed by atoms with Crippen LogP contribution < -0.4 is 4.74 Å². The van der Waals surface area contributed by atoms with Gasteiger partial charge in [-0.15, -0.1) is 0 Å². The first-order valence-corrected chi connectivity index (χ1v) is 3.99. The van der Waals surface area contributed by atoms with Gasteiger partial charge in [0.25, 0.3) is 0 Å². The Bertz CT molecular complexity index is 378. The Hall–Kier alpha value is -2.30. The molecule has 0 saturated carbocycles. The molecule has 0 aliphatic rings. The molecule has 5 nitrogen and oxygen atoms in total. The Kier molecular flexibility index (Phi) is 3.45. The number of benzene rings is 1. The van der Waals surface area contributed by atoms with Crippen molar-refractivity contribution in [1.29, 1.82) is 0 Å². The van der Waals surface area contributed by atoms with Crippen molar-refractivity contribution in [3.8, 4) is 5.75 Å². The number of ether oxygens (including phenoxy) is 1. The van der Waals surface area contributed by atoms with E-state index in [0.717, 1.165) is 0 Å². The van der Waals surface area contributed by atoms with Gasteiger partial charge in [0.15, 0.2) is 5.57 Å². The third-order valence-corrected chi connectivity index (χ3v) is 1.52. The number of aliphatic carboxylic acids is 2. The van der Waals surface area contributed by atoms with Gasteiger partial charge in [0.05, 0.1) is 0 Å². The molecule has 0 amide bonds. The summed E-state index contributed by atoms with van der Waals surface area (Å²) in [6.45, 7) is 0. The molecule has 0 aliphatic heterocycles. The van der Waals surface area contributed by atoms with Crippen LogP contribution in [-0.2, 0) is 9.59 Å². The second kappa shape index (κ2) is 4.80. The number of hydrogen-bond acceptors (Lipinski definition) is 3. The van der Waals surface area contributed by atoms with Gasteiger partial charge in [0.1, 0.15) is 12.0 Å². The molecule has 0 aromatic heterocycles. The zero-order valence-corrected chi connectivity index (χ0v) is 7.58. The molecule has 1 rings (SSSR count). The topological polar surface area (TPSA) is 83.8 Å². The minimum absolute atomic E-state index is 0.373. The van der Waals surface area contributed by atoms with Crippen LogP contribution in [0.15, 0.2) is 42.2 Å². The smallest absolute Gasteiger partial charge is 0.346 e. The fraction of sp³-hybridized carbons (Fsp3) is 0. The van der Waals surface area contributed by atoms with E-state index in [9.17, 15) is 9.59 Å². The quantitative estimate of drug-likeness (QED) is 0.335. The molecule has 0 aliphatic carbocycles. The third-order valence-electron chi connectivity index (χ3n) is 1.52. The summed E-state index contributed by atoms with van der Waals surface area (Å²) in [6.07, 6.45) is 0.694. The predicted octanol–water partition coefficient (Wildman–Crippen LogP) is 1.12. The van der Waals surface area contributed by atoms with Gasteiger partial charge in [-0.2, -0.15) is 0 Å². The standard InChI is InChI=1S/C10H8O5/c11-9(12)8(10(13)14)6-15-7-4-2-1-3-5-7/h1-6H,(H,11,12)(H,13,14). The lowest BCUT2D eigenvalue weighted by molar-refractivity contribution is -0.140. The third kappa shape index (κ3) is 3.15. The van der Waals surface area contributed by atoms with Gasteiger partial charge in [0, 0.05) is 0 Å². The Labute approximate surface area is 85.2 Å². The van der Waals surface area contributed by atoms with Crippen LogP contribution in [0.2, 0.25) is 0 Å². The van der Waals surface area contributed by atoms with Crippen molar-refractivity contribution >= 4 is 11.9 Å². The molecule has 0 fully saturated rings. The van der Waals surface area contributed by atoms with E-state index < -0.39 is 17.5 Å². The van der Waals surface area contributed by atoms with E-state index in [0.29, 0.717) is 12.0 Å². The molecule has 0 spiro atoms. The second-order valence-corrected chi connectivity index (χ2v) is 2.57. The van der Waals surface area contributed by atoms with Crippen molar-refractivity contribution in [2.24, 2.45) is 0 Å². The number of rotatable bonds is 4. The Morgan fingerprint density at radius 3 is 2.07 bits per heavy atom. The van der Waals surface area contributed by atoms with Crippen molar-refractivity contribution in [3.63, 3.8) is 0 Å². The average Bonchev–Trinajstić information content (AvgIpc) is 2.18. The van der Waals surface area contributed by atoms with Gasteiger partial charge in [-0.1, -0.05) is 18.2 Å². The molecule has 0 bridgehead atoms. The summed E-state index contributed by atoms with van der Waals surface area (Å²) in [5.74, 6) is -2.71. The molecule has 0 unspecified atom stereocenters. The summed E-state index contributed by atoms with van der Waals surface area (Å²) in [7, 11) is 0. The fourth-order valence-electron chi connectivity index (χ4n) is 0.818. The first-order valence-electron chi connectivity index (χ1n) is 3.99. The zero-order valence-electron chi connectivity index (χ0n) is 7.58. The highest BCUT2D eigenvalue weighted by molar-refractivity contribution is 6.12. The summed E-state index contributed by atoms with van der Waals surface area (Å²) < 4.78 is 4.87. The summed E-state index contributed by atoms with van der Waals surface area (Å²) in [6, 6.07) is 8.29. The molecule has 0 saturated heterocycles. The average molecular weight is 208 g/mol. The van der Waals surface area contributed by atoms with Crippen molar-refractivity contribution in [2.45, 2.75) is 0 Å². The van der Waals surface area contributed by atoms with Crippen molar-refractivity contribution < 1.29 is 24.5 Å². The van der Waals surface area contributed by atoms with E-state index in [1.54, 1.807) is 30.3 Å². The van der Waals surface area contributed by atoms with Gasteiger partial charge in [-0.05, 0) is 12.1 Å². The zero-order chi connectivity index (χ0) is 11.3. The first-order chi connectivity index (χ1) is 7.11. The molecule has 0 atom stereocenters. The highest BCUT2D eigenvalue weighted by Crippen LogP contribution is 2.09. The van der Waals surface area contributed by atoms with Gasteiger partial charge in [0.2, 0.25) is 0 Å². The van der Waals surface area contributed by atoms with Gasteiger partial charge < -0.3 is 14.9 Å². The predicted molar refractivity (Wildman–Crippen MR) is 50.4 cm³/mol. The molecule has 1 aromatic rings. The van der Waals surface area contributed by atoms with Gasteiger partial charge in [-0.25, -0.2) is 9.59 Å². The second-order valence-electron chi connectivity index (χ2n) is 2.57. The Morgan fingerprint density at radius 2 is 1.60 bits per heavy atom. The molecular weight excluding hydrogens is 200 g/mol. The molecule has 2 N–H and O–H groups in total. The van der Waals surface area contributed by atoms with Gasteiger partial charge in [-0.3, -0.25) is 0 Å². The van der Waals surface area contributed by atoms with Crippen molar-refractivity contribution in [1.82, 2.24) is 0 Å². The lowest BCUT2D eigenvalue weighted by atomic mass is 10.3. The molecule has 0 radical (unpaired) electrons. The molecular formula is C10H8O5. The van der Waals surface area contributed by atoms with Gasteiger partial charge >= 0.3 is 11.9 Å². The van der Waals surface area contributed by atoms with Crippen LogP contribution in [0, 0.1) is 0 Å². The van der Waals surface area contributed by atoms with Crippen LogP contribution in [0.3, 0.4) is 0 Å². The van der Waals surface area contributed by atoms with Crippen molar-refractivity contribution in [2.75, 3.05) is 0 Å². The number of carboxylic acids is 2. The summed E-state index contributed by atoms with van der Waals surface area (Å²) >= 11 is 0. The molecule has 1 aromatic carbocycles. The highest BCUT2D eigenvalue weighted by atomic mass is 16.5. The minimum atomic E-state index is -1.54. The largest absolute Gasteiger partial charge is 0.477 e. The maximum Gasteiger partial charge on any atom is 0.346 e. The van der Waals surface area contributed by atoms with Crippen LogP contribution in [-0.4, -0.2) is 22.2 Å². The van der Waals surface area contributed by atoms with E-state index in [2.05, 4.69) is 0 Å². The number of carbonyl (C=O) groups is 2. The summed E-state index contributed by atoms with van der Waals surface area (Å²) in [4.78, 5) is 20.9.